The van der Waals surface area contributed by atoms with Crippen LogP contribution in [0.2, 0.25) is 0 Å². The van der Waals surface area contributed by atoms with E-state index >= 15 is 0 Å². The van der Waals surface area contributed by atoms with E-state index in [1.54, 1.807) is 31.4 Å². The molecule has 0 aliphatic rings. The first kappa shape index (κ1) is 23.5. The van der Waals surface area contributed by atoms with Gasteiger partial charge in [0.25, 0.3) is 5.91 Å². The summed E-state index contributed by atoms with van der Waals surface area (Å²) in [6, 6.07) is 24.6. The summed E-state index contributed by atoms with van der Waals surface area (Å²) < 4.78 is 10.7. The van der Waals surface area contributed by atoms with E-state index in [4.69, 9.17) is 21.7 Å². The topological polar surface area (TPSA) is 88.7 Å². The number of para-hydroxylation sites is 1. The van der Waals surface area contributed by atoms with Gasteiger partial charge in [-0.15, -0.1) is 0 Å². The molecule has 0 unspecified atom stereocenters. The van der Waals surface area contributed by atoms with E-state index in [-0.39, 0.29) is 11.7 Å². The van der Waals surface area contributed by atoms with E-state index in [1.807, 2.05) is 60.7 Å². The van der Waals surface area contributed by atoms with Crippen molar-refractivity contribution in [1.82, 2.24) is 16.2 Å². The Bertz CT molecular complexity index is 1130. The highest BCUT2D eigenvalue weighted by molar-refractivity contribution is 7.80. The maximum absolute atomic E-state index is 12.0. The number of methoxy groups -OCH3 is 1. The number of hydrazine groups is 1. The zero-order valence-corrected chi connectivity index (χ0v) is 18.7. The minimum Gasteiger partial charge on any atom is -0.496 e. The van der Waals surface area contributed by atoms with Gasteiger partial charge in [-0.1, -0.05) is 60.7 Å². The van der Waals surface area contributed by atoms with Crippen molar-refractivity contribution < 1.29 is 19.1 Å². The lowest BCUT2D eigenvalue weighted by Crippen LogP contribution is -2.49. The number of ether oxygens (including phenoxy) is 2. The molecule has 0 aromatic heterocycles. The van der Waals surface area contributed by atoms with Crippen molar-refractivity contribution in [2.45, 2.75) is 0 Å². The third kappa shape index (κ3) is 7.48. The minimum absolute atomic E-state index is 0.0507. The van der Waals surface area contributed by atoms with Gasteiger partial charge in [0.15, 0.2) is 11.7 Å². The first-order chi connectivity index (χ1) is 16.0. The Labute approximate surface area is 197 Å². The Morgan fingerprint density at radius 1 is 0.879 bits per heavy atom. The molecular formula is C25H23N3O4S. The van der Waals surface area contributed by atoms with Gasteiger partial charge in [-0.05, 0) is 47.6 Å². The number of carbonyl (C=O) groups excluding carboxylic acids is 2. The Morgan fingerprint density at radius 3 is 2.27 bits per heavy atom. The van der Waals surface area contributed by atoms with E-state index in [0.29, 0.717) is 11.5 Å². The second-order valence-corrected chi connectivity index (χ2v) is 7.15. The highest BCUT2D eigenvalue weighted by Gasteiger charge is 2.06. The predicted molar refractivity (Wildman–Crippen MR) is 131 cm³/mol. The number of thiocarbonyl (C=S) groups is 1. The molecule has 0 saturated carbocycles. The van der Waals surface area contributed by atoms with E-state index in [9.17, 15) is 9.59 Å². The Morgan fingerprint density at radius 2 is 1.55 bits per heavy atom. The Kier molecular flexibility index (Phi) is 8.55. The van der Waals surface area contributed by atoms with Crippen LogP contribution in [-0.4, -0.2) is 30.6 Å². The average Bonchev–Trinajstić information content (AvgIpc) is 2.86. The van der Waals surface area contributed by atoms with Gasteiger partial charge >= 0.3 is 0 Å². The number of amides is 2. The van der Waals surface area contributed by atoms with Crippen molar-refractivity contribution in [3.63, 3.8) is 0 Å². The molecule has 0 spiro atoms. The van der Waals surface area contributed by atoms with Crippen molar-refractivity contribution >= 4 is 35.2 Å². The molecule has 3 rings (SSSR count). The second kappa shape index (κ2) is 12.0. The van der Waals surface area contributed by atoms with Gasteiger partial charge in [0.1, 0.15) is 11.5 Å². The van der Waals surface area contributed by atoms with Crippen molar-refractivity contribution in [2.75, 3.05) is 13.7 Å². The molecule has 0 radical (unpaired) electrons. The molecule has 3 aromatic carbocycles. The smallest absolute Gasteiger partial charge is 0.276 e. The summed E-state index contributed by atoms with van der Waals surface area (Å²) in [5.74, 6) is 0.289. The van der Waals surface area contributed by atoms with Crippen LogP contribution in [0.4, 0.5) is 0 Å². The van der Waals surface area contributed by atoms with Crippen LogP contribution in [0.3, 0.4) is 0 Å². The van der Waals surface area contributed by atoms with Gasteiger partial charge in [0.05, 0.1) is 7.11 Å². The molecule has 0 fully saturated rings. The summed E-state index contributed by atoms with van der Waals surface area (Å²) >= 11 is 5.01. The molecule has 2 amide bonds. The van der Waals surface area contributed by atoms with Gasteiger partial charge in [0, 0.05) is 11.6 Å². The van der Waals surface area contributed by atoms with Gasteiger partial charge in [0.2, 0.25) is 5.91 Å². The summed E-state index contributed by atoms with van der Waals surface area (Å²) in [6.45, 7) is -0.220. The Balaban J connectivity index is 1.39. The molecule has 7 nitrogen and oxygen atoms in total. The summed E-state index contributed by atoms with van der Waals surface area (Å²) in [6.07, 6.45) is 2.92. The van der Waals surface area contributed by atoms with Crippen LogP contribution >= 0.6 is 12.2 Å². The van der Waals surface area contributed by atoms with E-state index in [2.05, 4.69) is 16.2 Å². The van der Waals surface area contributed by atoms with Crippen LogP contribution in [0.25, 0.3) is 17.2 Å². The van der Waals surface area contributed by atoms with Crippen molar-refractivity contribution in [3.8, 4) is 22.6 Å². The van der Waals surface area contributed by atoms with E-state index < -0.39 is 11.8 Å². The lowest BCUT2D eigenvalue weighted by atomic mass is 10.1. The standard InChI is InChI=1S/C25H23N3O4S/c1-31-22-10-6-5-9-20(22)13-16-23(29)26-25(33)28-27-24(30)17-32-21-14-11-19(12-15-21)18-7-3-2-4-8-18/h2-16H,17H2,1H3,(H,27,30)(H2,26,28,29,33). The monoisotopic (exact) mass is 461 g/mol. The third-order valence-corrected chi connectivity index (χ3v) is 4.64. The quantitative estimate of drug-likeness (QED) is 0.284. The van der Waals surface area contributed by atoms with Crippen LogP contribution < -0.4 is 25.6 Å². The summed E-state index contributed by atoms with van der Waals surface area (Å²) in [5, 5.41) is 2.39. The van der Waals surface area contributed by atoms with Gasteiger partial charge in [-0.3, -0.25) is 25.8 Å². The molecular weight excluding hydrogens is 438 g/mol. The molecule has 0 aliphatic carbocycles. The zero-order valence-electron chi connectivity index (χ0n) is 17.9. The first-order valence-electron chi connectivity index (χ1n) is 10.0. The average molecular weight is 462 g/mol. The summed E-state index contributed by atoms with van der Waals surface area (Å²) in [7, 11) is 1.55. The van der Waals surface area contributed by atoms with Crippen molar-refractivity contribution in [2.24, 2.45) is 0 Å². The molecule has 0 saturated heterocycles. The highest BCUT2D eigenvalue weighted by Crippen LogP contribution is 2.22. The fourth-order valence-corrected chi connectivity index (χ4v) is 2.99. The summed E-state index contributed by atoms with van der Waals surface area (Å²) in [5.41, 5.74) is 7.73. The molecule has 3 aromatic rings. The van der Waals surface area contributed by atoms with Gasteiger partial charge in [-0.2, -0.15) is 0 Å². The number of carbonyl (C=O) groups is 2. The zero-order chi connectivity index (χ0) is 23.5. The lowest BCUT2D eigenvalue weighted by molar-refractivity contribution is -0.123. The molecule has 0 bridgehead atoms. The molecule has 0 atom stereocenters. The molecule has 33 heavy (non-hydrogen) atoms. The minimum atomic E-state index is -0.456. The van der Waals surface area contributed by atoms with E-state index in [1.165, 1.54) is 6.08 Å². The van der Waals surface area contributed by atoms with Crippen LogP contribution in [0, 0.1) is 0 Å². The molecule has 168 valence electrons. The molecule has 8 heteroatoms. The number of hydrogen-bond donors (Lipinski definition) is 3. The molecule has 0 aliphatic heterocycles. The normalized spacial score (nSPS) is 10.3. The summed E-state index contributed by atoms with van der Waals surface area (Å²) in [4.78, 5) is 24.0. The van der Waals surface area contributed by atoms with Crippen LogP contribution in [0.1, 0.15) is 5.56 Å². The van der Waals surface area contributed by atoms with Crippen molar-refractivity contribution in [1.29, 1.82) is 0 Å². The van der Waals surface area contributed by atoms with Gasteiger partial charge < -0.3 is 9.47 Å². The number of benzene rings is 3. The van der Waals surface area contributed by atoms with E-state index in [0.717, 1.165) is 16.7 Å². The van der Waals surface area contributed by atoms with Gasteiger partial charge in [-0.25, -0.2) is 0 Å². The number of hydrogen-bond acceptors (Lipinski definition) is 5. The SMILES string of the molecule is COc1ccccc1C=CC(=O)NC(=S)NNC(=O)COc1ccc(-c2ccccc2)cc1. The molecule has 3 N–H and O–H groups in total. The largest absolute Gasteiger partial charge is 0.496 e. The van der Waals surface area contributed by atoms with Crippen LogP contribution in [0.15, 0.2) is 84.9 Å². The number of rotatable bonds is 7. The maximum atomic E-state index is 12.0. The third-order valence-electron chi connectivity index (χ3n) is 4.44. The van der Waals surface area contributed by atoms with Crippen LogP contribution in [-0.2, 0) is 9.59 Å². The lowest BCUT2D eigenvalue weighted by Gasteiger charge is -2.11. The predicted octanol–water partition coefficient (Wildman–Crippen LogP) is 3.48. The fraction of sp³-hybridized carbons (Fsp3) is 0.0800. The molecule has 0 heterocycles. The number of nitrogens with one attached hydrogen (secondary N) is 3. The van der Waals surface area contributed by atoms with Crippen LogP contribution in [0.5, 0.6) is 11.5 Å². The maximum Gasteiger partial charge on any atom is 0.276 e. The second-order valence-electron chi connectivity index (χ2n) is 6.75. The fourth-order valence-electron chi connectivity index (χ4n) is 2.84. The van der Waals surface area contributed by atoms with Crippen molar-refractivity contribution in [3.05, 3.63) is 90.5 Å². The highest BCUT2D eigenvalue weighted by atomic mass is 32.1. The first-order valence-corrected chi connectivity index (χ1v) is 10.4. The Hall–Kier alpha value is -4.17.